The minimum atomic E-state index is -1.13. The molecule has 4 N–H and O–H groups in total. The monoisotopic (exact) mass is 509 g/mol. The third-order valence-corrected chi connectivity index (χ3v) is 9.18. The number of benzene rings is 1. The molecule has 2 amide bonds. The number of rotatable bonds is 8. The molecular formula is C28H40BN3O5. The van der Waals surface area contributed by atoms with Crippen LogP contribution >= 0.6 is 0 Å². The lowest BCUT2D eigenvalue weighted by Crippen LogP contribution is -2.65. The van der Waals surface area contributed by atoms with Gasteiger partial charge in [-0.3, -0.25) is 9.59 Å². The van der Waals surface area contributed by atoms with Crippen molar-refractivity contribution in [1.29, 1.82) is 0 Å². The Balaban J connectivity index is 1.30. The van der Waals surface area contributed by atoms with Crippen LogP contribution in [0.25, 0.3) is 10.9 Å². The highest BCUT2D eigenvalue weighted by Gasteiger charge is 2.68. The number of aliphatic hydroxyl groups is 1. The highest BCUT2D eigenvalue weighted by molar-refractivity contribution is 6.48. The maximum atomic E-state index is 13.4. The maximum Gasteiger partial charge on any atom is 0.481 e. The van der Waals surface area contributed by atoms with E-state index in [1.807, 2.05) is 24.3 Å². The third kappa shape index (κ3) is 4.59. The van der Waals surface area contributed by atoms with E-state index < -0.39 is 37.0 Å². The van der Waals surface area contributed by atoms with Gasteiger partial charge in [0.2, 0.25) is 5.91 Å². The Hall–Kier alpha value is -2.36. The van der Waals surface area contributed by atoms with Crippen LogP contribution in [0.4, 0.5) is 0 Å². The lowest BCUT2D eigenvalue weighted by atomic mass is 9.43. The zero-order chi connectivity index (χ0) is 26.7. The fourth-order valence-corrected chi connectivity index (χ4v) is 6.91. The number of hydrogen-bond acceptors (Lipinski definition) is 5. The second-order valence-electron chi connectivity index (χ2n) is 12.5. The molecule has 1 aliphatic heterocycles. The topological polar surface area (TPSA) is 113 Å². The molecule has 0 radical (unpaired) electrons. The van der Waals surface area contributed by atoms with E-state index in [1.165, 1.54) is 6.92 Å². The quantitative estimate of drug-likeness (QED) is 0.408. The number of carbonyl (C=O) groups is 2. The molecule has 37 heavy (non-hydrogen) atoms. The molecule has 2 bridgehead atoms. The Bertz CT molecular complexity index is 1150. The van der Waals surface area contributed by atoms with E-state index in [0.29, 0.717) is 24.0 Å². The van der Waals surface area contributed by atoms with E-state index >= 15 is 0 Å². The molecule has 2 heterocycles. The summed E-state index contributed by atoms with van der Waals surface area (Å²) in [7, 11) is -0.574. The average molecular weight is 509 g/mol. The standard InChI is InChI=1S/C28H40BN3O5/c1-15(2)11-23(29-36-22-14-18-13-21(27(18,4)5)28(22,6)37-29)31-26(35)24(16(3)33)32-25(34)20-12-17-9-7-8-10-19(17)30-20/h7-10,12,15-16,18,21-24,30,33H,11,13-14H2,1-6H3,(H,31,35)(H,32,34)/t16-,18-,21+,22-,23+,24+,28+/m1/s1. The minimum Gasteiger partial charge on any atom is -0.404 e. The van der Waals surface area contributed by atoms with Gasteiger partial charge in [0, 0.05) is 10.9 Å². The number of nitrogens with one attached hydrogen (secondary N) is 3. The highest BCUT2D eigenvalue weighted by atomic mass is 16.7. The Labute approximate surface area is 219 Å². The summed E-state index contributed by atoms with van der Waals surface area (Å²) >= 11 is 0. The van der Waals surface area contributed by atoms with Gasteiger partial charge < -0.3 is 30.0 Å². The summed E-state index contributed by atoms with van der Waals surface area (Å²) < 4.78 is 13.1. The predicted molar refractivity (Wildman–Crippen MR) is 143 cm³/mol. The van der Waals surface area contributed by atoms with Crippen molar-refractivity contribution < 1.29 is 24.0 Å². The van der Waals surface area contributed by atoms with Gasteiger partial charge in [-0.25, -0.2) is 0 Å². The van der Waals surface area contributed by atoms with Gasteiger partial charge >= 0.3 is 7.12 Å². The predicted octanol–water partition coefficient (Wildman–Crippen LogP) is 3.45. The third-order valence-electron chi connectivity index (χ3n) is 9.18. The minimum absolute atomic E-state index is 0.00937. The second kappa shape index (κ2) is 9.44. The van der Waals surface area contributed by atoms with Gasteiger partial charge in [0.15, 0.2) is 0 Å². The molecule has 9 heteroatoms. The maximum absolute atomic E-state index is 13.4. The van der Waals surface area contributed by atoms with Crippen LogP contribution in [0.15, 0.2) is 30.3 Å². The van der Waals surface area contributed by atoms with E-state index in [-0.39, 0.29) is 23.0 Å². The molecule has 4 aliphatic rings. The summed E-state index contributed by atoms with van der Waals surface area (Å²) in [6.45, 7) is 12.5. The summed E-state index contributed by atoms with van der Waals surface area (Å²) in [5, 5.41) is 17.1. The molecule has 3 saturated carbocycles. The van der Waals surface area contributed by atoms with Crippen molar-refractivity contribution in [3.8, 4) is 0 Å². The summed E-state index contributed by atoms with van der Waals surface area (Å²) in [5.74, 6) is 0.0273. The Morgan fingerprint density at radius 1 is 1.16 bits per heavy atom. The zero-order valence-corrected chi connectivity index (χ0v) is 22.7. The van der Waals surface area contributed by atoms with Crippen LogP contribution < -0.4 is 10.6 Å². The number of aromatic amines is 1. The van der Waals surface area contributed by atoms with Crippen molar-refractivity contribution in [1.82, 2.24) is 15.6 Å². The molecule has 4 fully saturated rings. The number of H-pyrrole nitrogens is 1. The van der Waals surface area contributed by atoms with E-state index in [4.69, 9.17) is 9.31 Å². The van der Waals surface area contributed by atoms with Crippen LogP contribution in [-0.4, -0.2) is 58.8 Å². The van der Waals surface area contributed by atoms with E-state index in [1.54, 1.807) is 6.07 Å². The first-order valence-corrected chi connectivity index (χ1v) is 13.6. The van der Waals surface area contributed by atoms with Crippen LogP contribution in [0.3, 0.4) is 0 Å². The molecule has 0 unspecified atom stereocenters. The average Bonchev–Trinajstić information content (AvgIpc) is 3.41. The van der Waals surface area contributed by atoms with Crippen molar-refractivity contribution in [3.05, 3.63) is 36.0 Å². The number of hydrogen-bond donors (Lipinski definition) is 4. The van der Waals surface area contributed by atoms with Crippen molar-refractivity contribution in [2.45, 2.75) is 90.6 Å². The molecule has 1 aromatic heterocycles. The Morgan fingerprint density at radius 2 is 1.89 bits per heavy atom. The van der Waals surface area contributed by atoms with Crippen LogP contribution in [0, 0.1) is 23.2 Å². The van der Waals surface area contributed by atoms with Gasteiger partial charge in [0.25, 0.3) is 5.91 Å². The summed E-state index contributed by atoms with van der Waals surface area (Å²) in [4.78, 5) is 29.5. The number of carbonyl (C=O) groups excluding carboxylic acids is 2. The molecule has 8 nitrogen and oxygen atoms in total. The van der Waals surface area contributed by atoms with Crippen molar-refractivity contribution in [3.63, 3.8) is 0 Å². The van der Waals surface area contributed by atoms with Gasteiger partial charge in [0.05, 0.1) is 23.8 Å². The Morgan fingerprint density at radius 3 is 2.54 bits per heavy atom. The first-order valence-electron chi connectivity index (χ1n) is 13.6. The number of fused-ring (bicyclic) bond motifs is 1. The summed E-state index contributed by atoms with van der Waals surface area (Å²) in [6.07, 6.45) is 1.69. The smallest absolute Gasteiger partial charge is 0.404 e. The molecule has 200 valence electrons. The molecule has 1 saturated heterocycles. The number of aromatic nitrogens is 1. The second-order valence-corrected chi connectivity index (χ2v) is 12.5. The van der Waals surface area contributed by atoms with Crippen LogP contribution in [0.1, 0.15) is 71.3 Å². The van der Waals surface area contributed by atoms with Crippen molar-refractivity contribution in [2.24, 2.45) is 23.2 Å². The van der Waals surface area contributed by atoms with Gasteiger partial charge in [-0.05, 0) is 68.4 Å². The van der Waals surface area contributed by atoms with Crippen LogP contribution in [0.5, 0.6) is 0 Å². The van der Waals surface area contributed by atoms with Crippen molar-refractivity contribution in [2.75, 3.05) is 0 Å². The molecule has 6 rings (SSSR count). The first kappa shape index (κ1) is 26.3. The normalized spacial score (nSPS) is 30.4. The number of amides is 2. The highest BCUT2D eigenvalue weighted by Crippen LogP contribution is 2.65. The fourth-order valence-electron chi connectivity index (χ4n) is 6.91. The molecule has 0 spiro atoms. The van der Waals surface area contributed by atoms with Crippen LogP contribution in [0.2, 0.25) is 0 Å². The van der Waals surface area contributed by atoms with Gasteiger partial charge in [-0.1, -0.05) is 45.9 Å². The summed E-state index contributed by atoms with van der Waals surface area (Å²) in [6, 6.07) is 8.18. The molecule has 7 atom stereocenters. The fraction of sp³-hybridized carbons (Fsp3) is 0.643. The van der Waals surface area contributed by atoms with Gasteiger partial charge in [0.1, 0.15) is 11.7 Å². The molecule has 1 aromatic carbocycles. The van der Waals surface area contributed by atoms with E-state index in [2.05, 4.69) is 50.2 Å². The van der Waals surface area contributed by atoms with E-state index in [0.717, 1.165) is 23.7 Å². The van der Waals surface area contributed by atoms with Gasteiger partial charge in [-0.15, -0.1) is 0 Å². The molecule has 2 aromatic rings. The Kier molecular flexibility index (Phi) is 6.70. The zero-order valence-electron chi connectivity index (χ0n) is 22.7. The lowest BCUT2D eigenvalue weighted by molar-refractivity contribution is -0.199. The van der Waals surface area contributed by atoms with Gasteiger partial charge in [-0.2, -0.15) is 0 Å². The van der Waals surface area contributed by atoms with Crippen LogP contribution in [-0.2, 0) is 14.1 Å². The SMILES string of the molecule is CC(C)C[C@H](NC(=O)[C@@H](NC(=O)c1cc2ccccc2[nH]1)[C@@H](C)O)B1O[C@@H]2C[C@H]3C[C@@H](C3(C)C)[C@]2(C)O1. The first-order chi connectivity index (χ1) is 17.4. The molecular weight excluding hydrogens is 469 g/mol. The van der Waals surface area contributed by atoms with E-state index in [9.17, 15) is 14.7 Å². The number of aliphatic hydroxyl groups excluding tert-OH is 1. The summed E-state index contributed by atoms with van der Waals surface area (Å²) in [5.41, 5.74) is 1.01. The number of para-hydroxylation sites is 1. The largest absolute Gasteiger partial charge is 0.481 e. The van der Waals surface area contributed by atoms with Crippen molar-refractivity contribution >= 4 is 29.8 Å². The molecule has 3 aliphatic carbocycles. The lowest BCUT2D eigenvalue weighted by Gasteiger charge is -2.64.